The lowest BCUT2D eigenvalue weighted by Crippen LogP contribution is -2.35. The molecule has 0 heterocycles. The lowest BCUT2D eigenvalue weighted by Gasteiger charge is -2.20. The van der Waals surface area contributed by atoms with Crippen molar-refractivity contribution < 1.29 is 17.9 Å². The van der Waals surface area contributed by atoms with Gasteiger partial charge in [0.05, 0.1) is 10.6 Å². The van der Waals surface area contributed by atoms with Crippen molar-refractivity contribution >= 4 is 33.2 Å². The first-order valence-electron chi connectivity index (χ1n) is 8.50. The van der Waals surface area contributed by atoms with Gasteiger partial charge in [0.2, 0.25) is 0 Å². The molecule has 8 heteroatoms. The Balaban J connectivity index is 2.03. The van der Waals surface area contributed by atoms with Gasteiger partial charge in [0.25, 0.3) is 15.9 Å². The largest absolute Gasteiger partial charge is 0.484 e. The molecule has 0 bridgehead atoms. The molecule has 0 spiro atoms. The minimum absolute atomic E-state index is 0.0928. The number of carbonyl (C=O) groups is 1. The maximum atomic E-state index is 12.7. The number of benzene rings is 2. The molecule has 2 rings (SSSR count). The molecule has 0 aliphatic rings. The molecular weight excluding hydrogens is 388 g/mol. The van der Waals surface area contributed by atoms with Gasteiger partial charge in [-0.2, -0.15) is 0 Å². The van der Waals surface area contributed by atoms with Crippen LogP contribution in [0.3, 0.4) is 0 Å². The van der Waals surface area contributed by atoms with Gasteiger partial charge >= 0.3 is 0 Å². The summed E-state index contributed by atoms with van der Waals surface area (Å²) in [6.07, 6.45) is 0.842. The van der Waals surface area contributed by atoms with Crippen molar-refractivity contribution in [3.05, 3.63) is 53.6 Å². The second kappa shape index (κ2) is 9.10. The van der Waals surface area contributed by atoms with Gasteiger partial charge in [0.15, 0.2) is 6.61 Å². The van der Waals surface area contributed by atoms with Crippen molar-refractivity contribution in [2.45, 2.75) is 31.2 Å². The number of rotatable bonds is 8. The standard InChI is InChI=1S/C19H23ClN2O4S/c1-4-14(2)21-19(23)13-26-17-9-7-16(8-10-17)22(3)27(24,25)18-11-5-15(20)6-12-18/h5-12,14H,4,13H2,1-3H3,(H,21,23)/t14-/m1/s1. The average Bonchev–Trinajstić information content (AvgIpc) is 2.66. The van der Waals surface area contributed by atoms with Crippen molar-refractivity contribution in [2.75, 3.05) is 18.0 Å². The number of hydrogen-bond acceptors (Lipinski definition) is 4. The molecule has 0 aromatic heterocycles. The minimum Gasteiger partial charge on any atom is -0.484 e. The van der Waals surface area contributed by atoms with E-state index in [1.54, 1.807) is 24.3 Å². The molecule has 0 unspecified atom stereocenters. The van der Waals surface area contributed by atoms with Crippen LogP contribution in [-0.4, -0.2) is 34.0 Å². The zero-order valence-corrected chi connectivity index (χ0v) is 17.0. The first kappa shape index (κ1) is 21.1. The van der Waals surface area contributed by atoms with Crippen molar-refractivity contribution in [2.24, 2.45) is 0 Å². The molecule has 0 saturated heterocycles. The Hall–Kier alpha value is -2.25. The predicted molar refractivity (Wildman–Crippen MR) is 107 cm³/mol. The second-order valence-corrected chi connectivity index (χ2v) is 8.49. The highest BCUT2D eigenvalue weighted by Gasteiger charge is 2.21. The highest BCUT2D eigenvalue weighted by Crippen LogP contribution is 2.25. The number of hydrogen-bond donors (Lipinski definition) is 1. The number of anilines is 1. The summed E-state index contributed by atoms with van der Waals surface area (Å²) in [6.45, 7) is 3.81. The first-order chi connectivity index (χ1) is 12.7. The molecule has 0 aliphatic carbocycles. The van der Waals surface area contributed by atoms with Crippen molar-refractivity contribution in [1.29, 1.82) is 0 Å². The highest BCUT2D eigenvalue weighted by atomic mass is 35.5. The third-order valence-electron chi connectivity index (χ3n) is 4.06. The minimum atomic E-state index is -3.69. The van der Waals surface area contributed by atoms with Gasteiger partial charge in [-0.15, -0.1) is 0 Å². The van der Waals surface area contributed by atoms with E-state index < -0.39 is 10.0 Å². The third-order valence-corrected chi connectivity index (χ3v) is 6.11. The molecule has 1 N–H and O–H groups in total. The molecule has 0 saturated carbocycles. The molecule has 2 aromatic carbocycles. The molecule has 0 aliphatic heterocycles. The van der Waals surface area contributed by atoms with Crippen LogP contribution in [0.25, 0.3) is 0 Å². The summed E-state index contributed by atoms with van der Waals surface area (Å²) in [6, 6.07) is 12.6. The summed E-state index contributed by atoms with van der Waals surface area (Å²) in [4.78, 5) is 11.9. The number of ether oxygens (including phenoxy) is 1. The Labute approximate surface area is 165 Å². The van der Waals surface area contributed by atoms with E-state index in [1.165, 1.54) is 35.6 Å². The zero-order valence-electron chi connectivity index (χ0n) is 15.5. The SMILES string of the molecule is CC[C@@H](C)NC(=O)COc1ccc(N(C)S(=O)(=O)c2ccc(Cl)cc2)cc1. The zero-order chi connectivity index (χ0) is 20.0. The topological polar surface area (TPSA) is 75.7 Å². The van der Waals surface area contributed by atoms with Gasteiger partial charge in [-0.05, 0) is 61.9 Å². The summed E-state index contributed by atoms with van der Waals surface area (Å²) in [5.41, 5.74) is 0.473. The van der Waals surface area contributed by atoms with Gasteiger partial charge in [0, 0.05) is 18.1 Å². The van der Waals surface area contributed by atoms with Crippen LogP contribution in [0.4, 0.5) is 5.69 Å². The van der Waals surface area contributed by atoms with Crippen LogP contribution >= 0.6 is 11.6 Å². The molecule has 27 heavy (non-hydrogen) atoms. The van der Waals surface area contributed by atoms with Crippen LogP contribution < -0.4 is 14.4 Å². The second-order valence-electron chi connectivity index (χ2n) is 6.09. The number of carbonyl (C=O) groups excluding carboxylic acids is 1. The van der Waals surface area contributed by atoms with Crippen molar-refractivity contribution in [1.82, 2.24) is 5.32 Å². The Morgan fingerprint density at radius 1 is 1.15 bits per heavy atom. The summed E-state index contributed by atoms with van der Waals surface area (Å²) in [5, 5.41) is 3.28. The maximum Gasteiger partial charge on any atom is 0.264 e. The number of amides is 1. The average molecular weight is 411 g/mol. The fraction of sp³-hybridized carbons (Fsp3) is 0.316. The normalized spacial score (nSPS) is 12.3. The third kappa shape index (κ3) is 5.61. The highest BCUT2D eigenvalue weighted by molar-refractivity contribution is 7.92. The molecule has 0 fully saturated rings. The summed E-state index contributed by atoms with van der Waals surface area (Å²) in [5.74, 6) is 0.284. The molecule has 6 nitrogen and oxygen atoms in total. The molecular formula is C19H23ClN2O4S. The number of halogens is 1. The Morgan fingerprint density at radius 3 is 2.30 bits per heavy atom. The van der Waals surface area contributed by atoms with Gasteiger partial charge in [0.1, 0.15) is 5.75 Å². The number of nitrogens with one attached hydrogen (secondary N) is 1. The van der Waals surface area contributed by atoms with E-state index in [9.17, 15) is 13.2 Å². The summed E-state index contributed by atoms with van der Waals surface area (Å²) in [7, 11) is -2.22. The van der Waals surface area contributed by atoms with Gasteiger partial charge in [-0.3, -0.25) is 9.10 Å². The maximum absolute atomic E-state index is 12.7. The first-order valence-corrected chi connectivity index (χ1v) is 10.3. The van der Waals surface area contributed by atoms with E-state index in [-0.39, 0.29) is 23.5 Å². The fourth-order valence-electron chi connectivity index (χ4n) is 2.22. The summed E-state index contributed by atoms with van der Waals surface area (Å²) < 4.78 is 32.0. The van der Waals surface area contributed by atoms with Crippen LogP contribution in [0, 0.1) is 0 Å². The van der Waals surface area contributed by atoms with Gasteiger partial charge in [-0.1, -0.05) is 18.5 Å². The Bertz CT molecular complexity index is 868. The Morgan fingerprint density at radius 2 is 1.74 bits per heavy atom. The van der Waals surface area contributed by atoms with E-state index in [0.717, 1.165) is 6.42 Å². The lowest BCUT2D eigenvalue weighted by molar-refractivity contribution is -0.123. The van der Waals surface area contributed by atoms with E-state index in [0.29, 0.717) is 16.5 Å². The van der Waals surface area contributed by atoms with Crippen LogP contribution in [0.1, 0.15) is 20.3 Å². The number of sulfonamides is 1. The quantitative estimate of drug-likeness (QED) is 0.723. The van der Waals surface area contributed by atoms with E-state index in [2.05, 4.69) is 5.32 Å². The molecule has 1 atom stereocenters. The molecule has 1 amide bonds. The Kier molecular flexibility index (Phi) is 7.10. The smallest absolute Gasteiger partial charge is 0.264 e. The number of nitrogens with zero attached hydrogens (tertiary/aromatic N) is 1. The molecule has 0 radical (unpaired) electrons. The van der Waals surface area contributed by atoms with E-state index in [4.69, 9.17) is 16.3 Å². The van der Waals surface area contributed by atoms with Gasteiger partial charge in [-0.25, -0.2) is 8.42 Å². The van der Waals surface area contributed by atoms with E-state index in [1.807, 2.05) is 13.8 Å². The fourth-order valence-corrected chi connectivity index (χ4v) is 3.54. The molecule has 2 aromatic rings. The van der Waals surface area contributed by atoms with Crippen LogP contribution in [-0.2, 0) is 14.8 Å². The van der Waals surface area contributed by atoms with Crippen LogP contribution in [0.5, 0.6) is 5.75 Å². The van der Waals surface area contributed by atoms with E-state index >= 15 is 0 Å². The van der Waals surface area contributed by atoms with Crippen molar-refractivity contribution in [3.63, 3.8) is 0 Å². The molecule has 146 valence electrons. The van der Waals surface area contributed by atoms with Crippen LogP contribution in [0.2, 0.25) is 5.02 Å². The lowest BCUT2D eigenvalue weighted by atomic mass is 10.2. The monoisotopic (exact) mass is 410 g/mol. The summed E-state index contributed by atoms with van der Waals surface area (Å²) >= 11 is 5.81. The van der Waals surface area contributed by atoms with Crippen molar-refractivity contribution in [3.8, 4) is 5.75 Å². The van der Waals surface area contributed by atoms with Gasteiger partial charge < -0.3 is 10.1 Å². The predicted octanol–water partition coefficient (Wildman–Crippen LogP) is 3.46. The van der Waals surface area contributed by atoms with Crippen LogP contribution in [0.15, 0.2) is 53.4 Å².